The predicted octanol–water partition coefficient (Wildman–Crippen LogP) is 3.20. The van der Waals surface area contributed by atoms with Gasteiger partial charge in [0.1, 0.15) is 11.5 Å². The van der Waals surface area contributed by atoms with Gasteiger partial charge in [0.05, 0.1) is 29.8 Å². The molecule has 130 valence electrons. The number of pyridine rings is 1. The largest absolute Gasteiger partial charge is 0.340 e. The maximum absolute atomic E-state index is 12.6. The van der Waals surface area contributed by atoms with E-state index in [9.17, 15) is 13.6 Å². The van der Waals surface area contributed by atoms with Gasteiger partial charge in [0, 0.05) is 0 Å². The quantitative estimate of drug-likeness (QED) is 0.664. The van der Waals surface area contributed by atoms with Crippen LogP contribution in [0.2, 0.25) is 0 Å². The lowest BCUT2D eigenvalue weighted by Gasteiger charge is -2.07. The van der Waals surface area contributed by atoms with E-state index in [0.717, 1.165) is 16.6 Å². The summed E-state index contributed by atoms with van der Waals surface area (Å²) in [4.78, 5) is 23.1. The van der Waals surface area contributed by atoms with Crippen molar-refractivity contribution < 1.29 is 13.6 Å². The first-order valence-electron chi connectivity index (χ1n) is 7.72. The van der Waals surface area contributed by atoms with E-state index in [1.807, 2.05) is 25.1 Å². The number of urea groups is 1. The number of nitrogens with zero attached hydrogens (tertiary/aromatic N) is 2. The molecule has 2 aromatic heterocycles. The Bertz CT molecular complexity index is 894. The van der Waals surface area contributed by atoms with E-state index in [4.69, 9.17) is 0 Å². The van der Waals surface area contributed by atoms with Crippen LogP contribution in [-0.4, -0.2) is 21.0 Å². The van der Waals surface area contributed by atoms with Gasteiger partial charge in [-0.1, -0.05) is 12.1 Å². The normalized spacial score (nSPS) is 11.0. The van der Waals surface area contributed by atoms with Gasteiger partial charge in [0.2, 0.25) is 0 Å². The van der Waals surface area contributed by atoms with E-state index in [0.29, 0.717) is 11.5 Å². The molecule has 0 aliphatic heterocycles. The van der Waals surface area contributed by atoms with Crippen LogP contribution in [-0.2, 0) is 13.1 Å². The van der Waals surface area contributed by atoms with Crippen LogP contribution in [0.1, 0.15) is 29.2 Å². The number of rotatable bonds is 5. The molecule has 0 aliphatic rings. The van der Waals surface area contributed by atoms with Crippen LogP contribution < -0.4 is 10.6 Å². The van der Waals surface area contributed by atoms with E-state index < -0.39 is 12.5 Å². The van der Waals surface area contributed by atoms with Gasteiger partial charge in [-0.05, 0) is 36.8 Å². The fourth-order valence-corrected chi connectivity index (χ4v) is 2.38. The van der Waals surface area contributed by atoms with E-state index in [1.165, 1.54) is 12.1 Å². The number of aryl methyl sites for hydroxylation is 1. The maximum atomic E-state index is 12.6. The Labute approximate surface area is 142 Å². The van der Waals surface area contributed by atoms with Crippen molar-refractivity contribution in [3.8, 4) is 0 Å². The molecule has 0 spiro atoms. The zero-order valence-electron chi connectivity index (χ0n) is 13.5. The van der Waals surface area contributed by atoms with Crippen LogP contribution in [0.25, 0.3) is 11.0 Å². The lowest BCUT2D eigenvalue weighted by atomic mass is 10.2. The number of alkyl halides is 2. The SMILES string of the molecule is Cc1ccc2nc(CNC(=O)NCc3cccc(C(F)F)n3)[nH]c2c1. The van der Waals surface area contributed by atoms with Gasteiger partial charge in [-0.25, -0.2) is 23.5 Å². The first kappa shape index (κ1) is 16.8. The zero-order valence-corrected chi connectivity index (χ0v) is 13.5. The van der Waals surface area contributed by atoms with Crippen LogP contribution in [0.15, 0.2) is 36.4 Å². The summed E-state index contributed by atoms with van der Waals surface area (Å²) in [6.45, 7) is 2.28. The summed E-state index contributed by atoms with van der Waals surface area (Å²) in [6, 6.07) is 9.74. The first-order chi connectivity index (χ1) is 12.0. The molecule has 3 rings (SSSR count). The summed E-state index contributed by atoms with van der Waals surface area (Å²) < 4.78 is 25.2. The fraction of sp³-hybridized carbons (Fsp3) is 0.235. The number of amides is 2. The number of halogens is 2. The predicted molar refractivity (Wildman–Crippen MR) is 89.1 cm³/mol. The summed E-state index contributed by atoms with van der Waals surface area (Å²) in [5, 5.41) is 5.24. The van der Waals surface area contributed by atoms with Gasteiger partial charge < -0.3 is 15.6 Å². The molecule has 3 aromatic rings. The average molecular weight is 345 g/mol. The summed E-state index contributed by atoms with van der Waals surface area (Å²) in [5.74, 6) is 0.633. The van der Waals surface area contributed by atoms with Crippen molar-refractivity contribution in [3.05, 3.63) is 59.2 Å². The molecule has 0 bridgehead atoms. The number of hydrogen-bond acceptors (Lipinski definition) is 3. The molecular formula is C17H17F2N5O. The molecule has 0 aliphatic carbocycles. The summed E-state index contributed by atoms with van der Waals surface area (Å²) in [7, 11) is 0. The molecular weight excluding hydrogens is 328 g/mol. The highest BCUT2D eigenvalue weighted by Crippen LogP contribution is 2.16. The number of carbonyl (C=O) groups is 1. The number of fused-ring (bicyclic) bond motifs is 1. The van der Waals surface area contributed by atoms with E-state index >= 15 is 0 Å². The minimum absolute atomic E-state index is 0.0612. The molecule has 25 heavy (non-hydrogen) atoms. The number of carbonyl (C=O) groups excluding carboxylic acids is 1. The van der Waals surface area contributed by atoms with Gasteiger partial charge >= 0.3 is 6.03 Å². The van der Waals surface area contributed by atoms with E-state index in [2.05, 4.69) is 25.6 Å². The van der Waals surface area contributed by atoms with Gasteiger partial charge in [-0.2, -0.15) is 0 Å². The van der Waals surface area contributed by atoms with Crippen molar-refractivity contribution in [1.82, 2.24) is 25.6 Å². The van der Waals surface area contributed by atoms with Crippen molar-refractivity contribution in [2.75, 3.05) is 0 Å². The van der Waals surface area contributed by atoms with Crippen molar-refractivity contribution in [2.45, 2.75) is 26.4 Å². The summed E-state index contributed by atoms with van der Waals surface area (Å²) >= 11 is 0. The minimum Gasteiger partial charge on any atom is -0.340 e. The zero-order chi connectivity index (χ0) is 17.8. The monoisotopic (exact) mass is 345 g/mol. The van der Waals surface area contributed by atoms with Gasteiger partial charge in [0.15, 0.2) is 0 Å². The third-order valence-electron chi connectivity index (χ3n) is 3.58. The lowest BCUT2D eigenvalue weighted by molar-refractivity contribution is 0.146. The van der Waals surface area contributed by atoms with Crippen LogP contribution in [0.4, 0.5) is 13.6 Å². The van der Waals surface area contributed by atoms with Crippen molar-refractivity contribution >= 4 is 17.1 Å². The number of aromatic nitrogens is 3. The lowest BCUT2D eigenvalue weighted by Crippen LogP contribution is -2.35. The molecule has 6 nitrogen and oxygen atoms in total. The van der Waals surface area contributed by atoms with Gasteiger partial charge in [-0.15, -0.1) is 0 Å². The molecule has 0 saturated carbocycles. The Morgan fingerprint density at radius 1 is 1.16 bits per heavy atom. The molecule has 0 saturated heterocycles. The van der Waals surface area contributed by atoms with Crippen molar-refractivity contribution in [1.29, 1.82) is 0 Å². The second-order valence-corrected chi connectivity index (χ2v) is 5.59. The Hall–Kier alpha value is -3.03. The molecule has 2 amide bonds. The number of benzene rings is 1. The van der Waals surface area contributed by atoms with Gasteiger partial charge in [-0.3, -0.25) is 0 Å². The second kappa shape index (κ2) is 7.25. The highest BCUT2D eigenvalue weighted by Gasteiger charge is 2.10. The third kappa shape index (κ3) is 4.28. The van der Waals surface area contributed by atoms with E-state index in [1.54, 1.807) is 6.07 Å². The van der Waals surface area contributed by atoms with Crippen LogP contribution >= 0.6 is 0 Å². The molecule has 1 aromatic carbocycles. The number of hydrogen-bond donors (Lipinski definition) is 3. The standard InChI is InChI=1S/C17H17F2N5O/c1-10-5-6-12-14(7-10)24-15(23-12)9-21-17(25)20-8-11-3-2-4-13(22-11)16(18)19/h2-7,16H,8-9H2,1H3,(H,23,24)(H2,20,21,25). The van der Waals surface area contributed by atoms with Crippen LogP contribution in [0, 0.1) is 6.92 Å². The first-order valence-corrected chi connectivity index (χ1v) is 7.72. The third-order valence-corrected chi connectivity index (χ3v) is 3.58. The van der Waals surface area contributed by atoms with E-state index in [-0.39, 0.29) is 18.8 Å². The van der Waals surface area contributed by atoms with Crippen molar-refractivity contribution in [3.63, 3.8) is 0 Å². The van der Waals surface area contributed by atoms with Crippen LogP contribution in [0.5, 0.6) is 0 Å². The topological polar surface area (TPSA) is 82.7 Å². The molecule has 8 heteroatoms. The Morgan fingerprint density at radius 2 is 1.96 bits per heavy atom. The van der Waals surface area contributed by atoms with Gasteiger partial charge in [0.25, 0.3) is 6.43 Å². The molecule has 0 fully saturated rings. The Balaban J connectivity index is 1.53. The molecule has 3 N–H and O–H groups in total. The summed E-state index contributed by atoms with van der Waals surface area (Å²) in [6.07, 6.45) is -2.63. The maximum Gasteiger partial charge on any atom is 0.315 e. The van der Waals surface area contributed by atoms with Crippen molar-refractivity contribution in [2.24, 2.45) is 0 Å². The number of aromatic amines is 1. The van der Waals surface area contributed by atoms with Crippen LogP contribution in [0.3, 0.4) is 0 Å². The Kier molecular flexibility index (Phi) is 4.87. The number of imidazole rings is 1. The second-order valence-electron chi connectivity index (χ2n) is 5.59. The fourth-order valence-electron chi connectivity index (χ4n) is 2.38. The molecule has 0 radical (unpaired) electrons. The Morgan fingerprint density at radius 3 is 2.76 bits per heavy atom. The molecule has 2 heterocycles. The smallest absolute Gasteiger partial charge is 0.315 e. The molecule has 0 atom stereocenters. The average Bonchev–Trinajstić information content (AvgIpc) is 3.00. The highest BCUT2D eigenvalue weighted by atomic mass is 19.3. The number of H-pyrrole nitrogens is 1. The minimum atomic E-state index is -2.63. The molecule has 0 unspecified atom stereocenters. The highest BCUT2D eigenvalue weighted by molar-refractivity contribution is 5.76. The summed E-state index contributed by atoms with van der Waals surface area (Å²) in [5.41, 5.74) is 2.91. The number of nitrogens with one attached hydrogen (secondary N) is 3.